The summed E-state index contributed by atoms with van der Waals surface area (Å²) >= 11 is 8.03. The lowest BCUT2D eigenvalue weighted by atomic mass is 10.2. The van der Waals surface area contributed by atoms with Gasteiger partial charge in [-0.2, -0.15) is 0 Å². The van der Waals surface area contributed by atoms with Gasteiger partial charge in [-0.15, -0.1) is 11.3 Å². The summed E-state index contributed by atoms with van der Waals surface area (Å²) in [5, 5.41) is 1.88. The molecule has 1 aliphatic heterocycles. The second kappa shape index (κ2) is 6.53. The molecule has 0 aromatic carbocycles. The molecule has 1 aliphatic rings. The minimum absolute atomic E-state index is 0.709. The lowest BCUT2D eigenvalue weighted by molar-refractivity contribution is 0.643. The molecule has 7 heteroatoms. The van der Waals surface area contributed by atoms with Gasteiger partial charge in [0.1, 0.15) is 22.8 Å². The zero-order valence-corrected chi connectivity index (χ0v) is 15.0. The topological polar surface area (TPSA) is 45.2 Å². The molecule has 0 amide bonds. The van der Waals surface area contributed by atoms with Crippen molar-refractivity contribution in [2.24, 2.45) is 0 Å². The predicted octanol–water partition coefficient (Wildman–Crippen LogP) is 3.63. The highest BCUT2D eigenvalue weighted by molar-refractivity contribution is 7.18. The molecule has 0 aliphatic carbocycles. The molecule has 24 heavy (non-hydrogen) atoms. The second-order valence-corrected chi connectivity index (χ2v) is 7.29. The predicted molar refractivity (Wildman–Crippen MR) is 100 cm³/mol. The number of hydrogen-bond donors (Lipinski definition) is 0. The SMILES string of the molecule is CCc1cc2c(N3CCN(c4ncccc4Cl)CC3)ncnc2s1. The van der Waals surface area contributed by atoms with Gasteiger partial charge in [0.2, 0.25) is 0 Å². The van der Waals surface area contributed by atoms with Crippen LogP contribution in [0.25, 0.3) is 10.2 Å². The summed E-state index contributed by atoms with van der Waals surface area (Å²) in [6.07, 6.45) is 4.50. The number of anilines is 2. The van der Waals surface area contributed by atoms with E-state index in [1.165, 1.54) is 10.3 Å². The van der Waals surface area contributed by atoms with E-state index in [-0.39, 0.29) is 0 Å². The number of nitrogens with zero attached hydrogens (tertiary/aromatic N) is 5. The van der Waals surface area contributed by atoms with Gasteiger partial charge in [0.15, 0.2) is 0 Å². The van der Waals surface area contributed by atoms with Crippen LogP contribution in [0.1, 0.15) is 11.8 Å². The number of aromatic nitrogens is 3. The summed E-state index contributed by atoms with van der Waals surface area (Å²) in [4.78, 5) is 20.4. The van der Waals surface area contributed by atoms with Gasteiger partial charge >= 0.3 is 0 Å². The van der Waals surface area contributed by atoms with Crippen molar-refractivity contribution in [3.8, 4) is 0 Å². The summed E-state index contributed by atoms with van der Waals surface area (Å²) in [7, 11) is 0. The van der Waals surface area contributed by atoms with E-state index in [2.05, 4.69) is 37.7 Å². The molecular formula is C17H18ClN5S. The molecule has 0 N–H and O–H groups in total. The van der Waals surface area contributed by atoms with Crippen molar-refractivity contribution in [3.63, 3.8) is 0 Å². The van der Waals surface area contributed by atoms with Crippen molar-refractivity contribution in [1.29, 1.82) is 0 Å². The highest BCUT2D eigenvalue weighted by atomic mass is 35.5. The monoisotopic (exact) mass is 359 g/mol. The van der Waals surface area contributed by atoms with Crippen LogP contribution in [0.2, 0.25) is 5.02 Å². The van der Waals surface area contributed by atoms with Crippen molar-refractivity contribution in [1.82, 2.24) is 15.0 Å². The van der Waals surface area contributed by atoms with Crippen LogP contribution < -0.4 is 9.80 Å². The van der Waals surface area contributed by atoms with E-state index < -0.39 is 0 Å². The third-order valence-corrected chi connectivity index (χ3v) is 5.81. The van der Waals surface area contributed by atoms with Crippen LogP contribution in [0.3, 0.4) is 0 Å². The highest BCUT2D eigenvalue weighted by Crippen LogP contribution is 2.31. The van der Waals surface area contributed by atoms with Crippen LogP contribution in [0, 0.1) is 0 Å². The Morgan fingerprint density at radius 1 is 1.08 bits per heavy atom. The first kappa shape index (κ1) is 15.6. The molecule has 1 fully saturated rings. The fourth-order valence-electron chi connectivity index (χ4n) is 3.06. The van der Waals surface area contributed by atoms with E-state index in [0.29, 0.717) is 5.02 Å². The van der Waals surface area contributed by atoms with Crippen molar-refractivity contribution < 1.29 is 0 Å². The Labute approximate surface area is 149 Å². The van der Waals surface area contributed by atoms with Crippen LogP contribution in [0.15, 0.2) is 30.7 Å². The lowest BCUT2D eigenvalue weighted by Crippen LogP contribution is -2.47. The van der Waals surface area contributed by atoms with Crippen molar-refractivity contribution in [2.75, 3.05) is 36.0 Å². The third-order valence-electron chi connectivity index (χ3n) is 4.33. The Morgan fingerprint density at radius 2 is 1.83 bits per heavy atom. The average molecular weight is 360 g/mol. The molecular weight excluding hydrogens is 342 g/mol. The highest BCUT2D eigenvalue weighted by Gasteiger charge is 2.22. The van der Waals surface area contributed by atoms with Crippen molar-refractivity contribution in [2.45, 2.75) is 13.3 Å². The average Bonchev–Trinajstić information content (AvgIpc) is 3.06. The minimum Gasteiger partial charge on any atom is -0.352 e. The molecule has 4 rings (SSSR count). The van der Waals surface area contributed by atoms with E-state index in [1.807, 2.05) is 12.1 Å². The van der Waals surface area contributed by atoms with Crippen LogP contribution in [0.5, 0.6) is 0 Å². The Bertz CT molecular complexity index is 857. The van der Waals surface area contributed by atoms with Crippen LogP contribution >= 0.6 is 22.9 Å². The number of hydrogen-bond acceptors (Lipinski definition) is 6. The summed E-state index contributed by atoms with van der Waals surface area (Å²) in [5.74, 6) is 1.91. The van der Waals surface area contributed by atoms with Crippen LogP contribution in [-0.4, -0.2) is 41.1 Å². The molecule has 0 spiro atoms. The fourth-order valence-corrected chi connectivity index (χ4v) is 4.23. The first-order chi connectivity index (χ1) is 11.8. The summed E-state index contributed by atoms with van der Waals surface area (Å²) < 4.78 is 0. The Kier molecular flexibility index (Phi) is 4.24. The Balaban J connectivity index is 1.56. The van der Waals surface area contributed by atoms with E-state index in [4.69, 9.17) is 11.6 Å². The molecule has 124 valence electrons. The summed E-state index contributed by atoms with van der Waals surface area (Å²) in [6, 6.07) is 5.99. The smallest absolute Gasteiger partial charge is 0.147 e. The van der Waals surface area contributed by atoms with Crippen LogP contribution in [0.4, 0.5) is 11.6 Å². The Hall–Kier alpha value is -1.92. The first-order valence-corrected chi connectivity index (χ1v) is 9.29. The second-order valence-electron chi connectivity index (χ2n) is 5.77. The number of thiophene rings is 1. The van der Waals surface area contributed by atoms with E-state index in [1.54, 1.807) is 23.9 Å². The molecule has 0 radical (unpaired) electrons. The van der Waals surface area contributed by atoms with E-state index in [9.17, 15) is 0 Å². The molecule has 0 saturated carbocycles. The third kappa shape index (κ3) is 2.80. The summed E-state index contributed by atoms with van der Waals surface area (Å²) in [6.45, 7) is 5.74. The molecule has 1 saturated heterocycles. The number of pyridine rings is 1. The molecule has 3 aromatic rings. The van der Waals surface area contributed by atoms with Gasteiger partial charge in [-0.3, -0.25) is 0 Å². The molecule has 0 bridgehead atoms. The van der Waals surface area contributed by atoms with Gasteiger partial charge < -0.3 is 9.80 Å². The van der Waals surface area contributed by atoms with Gasteiger partial charge in [-0.1, -0.05) is 18.5 Å². The lowest BCUT2D eigenvalue weighted by Gasteiger charge is -2.36. The standard InChI is InChI=1S/C17H18ClN5S/c1-2-12-10-13-15(20-11-21-17(13)24-12)22-6-8-23(9-7-22)16-14(18)4-3-5-19-16/h3-5,10-11H,2,6-9H2,1H3. The molecule has 0 atom stereocenters. The number of fused-ring (bicyclic) bond motifs is 1. The Morgan fingerprint density at radius 3 is 2.54 bits per heavy atom. The number of rotatable bonds is 3. The maximum Gasteiger partial charge on any atom is 0.147 e. The van der Waals surface area contributed by atoms with Gasteiger partial charge in [0.25, 0.3) is 0 Å². The largest absolute Gasteiger partial charge is 0.352 e. The summed E-state index contributed by atoms with van der Waals surface area (Å²) in [5.41, 5.74) is 0. The quantitative estimate of drug-likeness (QED) is 0.714. The van der Waals surface area contributed by atoms with Gasteiger partial charge in [0.05, 0.1) is 10.4 Å². The zero-order chi connectivity index (χ0) is 16.5. The van der Waals surface area contributed by atoms with Crippen LogP contribution in [-0.2, 0) is 6.42 Å². The van der Waals surface area contributed by atoms with Gasteiger partial charge in [-0.25, -0.2) is 15.0 Å². The number of piperazine rings is 1. The molecule has 4 heterocycles. The fraction of sp³-hybridized carbons (Fsp3) is 0.353. The zero-order valence-electron chi connectivity index (χ0n) is 13.4. The van der Waals surface area contributed by atoms with E-state index in [0.717, 1.165) is 49.1 Å². The maximum atomic E-state index is 6.27. The minimum atomic E-state index is 0.709. The van der Waals surface area contributed by atoms with Crippen molar-refractivity contribution >= 4 is 44.8 Å². The van der Waals surface area contributed by atoms with Gasteiger partial charge in [-0.05, 0) is 24.6 Å². The van der Waals surface area contributed by atoms with Gasteiger partial charge in [0, 0.05) is 37.3 Å². The first-order valence-electron chi connectivity index (χ1n) is 8.10. The van der Waals surface area contributed by atoms with Crippen molar-refractivity contribution in [3.05, 3.63) is 40.6 Å². The normalized spacial score (nSPS) is 15.2. The molecule has 3 aromatic heterocycles. The molecule has 5 nitrogen and oxygen atoms in total. The number of aryl methyl sites for hydroxylation is 1. The molecule has 0 unspecified atom stereocenters. The maximum absolute atomic E-state index is 6.27. The van der Waals surface area contributed by atoms with E-state index >= 15 is 0 Å². The number of halogens is 1.